The Balaban J connectivity index is 2.20. The van der Waals surface area contributed by atoms with Crippen molar-refractivity contribution in [1.29, 1.82) is 0 Å². The molecule has 0 radical (unpaired) electrons. The summed E-state index contributed by atoms with van der Waals surface area (Å²) in [6.07, 6.45) is -4.95. The molecule has 2 amide bonds. The van der Waals surface area contributed by atoms with Gasteiger partial charge in [-0.2, -0.15) is 13.2 Å². The van der Waals surface area contributed by atoms with Crippen molar-refractivity contribution < 1.29 is 32.2 Å². The summed E-state index contributed by atoms with van der Waals surface area (Å²) in [5.41, 5.74) is 0.974. The second-order valence-electron chi connectivity index (χ2n) is 6.17. The summed E-state index contributed by atoms with van der Waals surface area (Å²) in [4.78, 5) is 24.7. The van der Waals surface area contributed by atoms with Gasteiger partial charge in [0.1, 0.15) is 0 Å². The average molecular weight is 445 g/mol. The molecular formula is C20H20ClF3N2O4. The van der Waals surface area contributed by atoms with Crippen LogP contribution in [0.2, 0.25) is 5.02 Å². The monoisotopic (exact) mass is 444 g/mol. The Hall–Kier alpha value is -2.94. The van der Waals surface area contributed by atoms with Gasteiger partial charge in [0, 0.05) is 24.3 Å². The van der Waals surface area contributed by atoms with Crippen LogP contribution >= 0.6 is 11.6 Å². The van der Waals surface area contributed by atoms with Crippen LogP contribution in [-0.4, -0.2) is 43.7 Å². The number of methoxy groups -OCH3 is 2. The molecule has 0 heterocycles. The lowest BCUT2D eigenvalue weighted by atomic mass is 10.1. The maximum atomic E-state index is 12.7. The number of nitrogens with zero attached hydrogens (tertiary/aromatic N) is 1. The minimum absolute atomic E-state index is 0.112. The third-order valence-electron chi connectivity index (χ3n) is 4.17. The Labute approximate surface area is 176 Å². The predicted octanol–water partition coefficient (Wildman–Crippen LogP) is 4.52. The molecule has 0 bridgehead atoms. The second kappa shape index (κ2) is 9.71. The molecule has 2 aromatic rings. The van der Waals surface area contributed by atoms with Crippen molar-refractivity contribution in [3.8, 4) is 11.5 Å². The molecule has 0 saturated carbocycles. The fourth-order valence-corrected chi connectivity index (χ4v) is 3.01. The van der Waals surface area contributed by atoms with Crippen molar-refractivity contribution in [2.75, 3.05) is 26.1 Å². The van der Waals surface area contributed by atoms with Gasteiger partial charge in [0.2, 0.25) is 0 Å². The first-order valence-electron chi connectivity index (χ1n) is 8.78. The van der Waals surface area contributed by atoms with E-state index in [0.29, 0.717) is 16.2 Å². The van der Waals surface area contributed by atoms with Crippen molar-refractivity contribution in [3.63, 3.8) is 0 Å². The van der Waals surface area contributed by atoms with Crippen LogP contribution < -0.4 is 14.8 Å². The molecule has 0 atom stereocenters. The highest BCUT2D eigenvalue weighted by Crippen LogP contribution is 2.36. The molecule has 0 aliphatic carbocycles. The second-order valence-corrected chi connectivity index (χ2v) is 6.57. The van der Waals surface area contributed by atoms with Gasteiger partial charge in [0.15, 0.2) is 11.5 Å². The van der Waals surface area contributed by atoms with E-state index in [1.807, 2.05) is 0 Å². The lowest BCUT2D eigenvalue weighted by Gasteiger charge is -2.22. The van der Waals surface area contributed by atoms with Gasteiger partial charge in [-0.05, 0) is 36.8 Å². The average Bonchev–Trinajstić information content (AvgIpc) is 2.70. The molecule has 0 fully saturated rings. The van der Waals surface area contributed by atoms with E-state index in [0.717, 1.165) is 0 Å². The zero-order valence-corrected chi connectivity index (χ0v) is 17.2. The maximum Gasteiger partial charge on any atom is 0.471 e. The molecule has 162 valence electrons. The zero-order chi connectivity index (χ0) is 22.5. The quantitative estimate of drug-likeness (QED) is 0.681. The summed E-state index contributed by atoms with van der Waals surface area (Å²) in [6, 6.07) is 9.06. The summed E-state index contributed by atoms with van der Waals surface area (Å²) in [7, 11) is 2.82. The van der Waals surface area contributed by atoms with Gasteiger partial charge < -0.3 is 19.7 Å². The van der Waals surface area contributed by atoms with Crippen LogP contribution in [0.1, 0.15) is 22.8 Å². The highest BCUT2D eigenvalue weighted by Gasteiger charge is 2.41. The number of nitrogens with one attached hydrogen (secondary N) is 1. The molecule has 0 aliphatic heterocycles. The van der Waals surface area contributed by atoms with Gasteiger partial charge in [-0.15, -0.1) is 0 Å². The molecule has 0 unspecified atom stereocenters. The van der Waals surface area contributed by atoms with Gasteiger partial charge in [0.25, 0.3) is 5.91 Å². The highest BCUT2D eigenvalue weighted by atomic mass is 35.5. The molecular weight excluding hydrogens is 425 g/mol. The van der Waals surface area contributed by atoms with Crippen molar-refractivity contribution in [1.82, 2.24) is 4.90 Å². The number of hydrogen-bond donors (Lipinski definition) is 1. The molecule has 2 rings (SSSR count). The first-order valence-corrected chi connectivity index (χ1v) is 9.16. The molecule has 10 heteroatoms. The van der Waals surface area contributed by atoms with E-state index in [4.69, 9.17) is 21.1 Å². The minimum Gasteiger partial charge on any atom is -0.493 e. The Kier molecular flexibility index (Phi) is 7.55. The molecule has 30 heavy (non-hydrogen) atoms. The lowest BCUT2D eigenvalue weighted by Crippen LogP contribution is -2.40. The molecule has 0 aromatic heterocycles. The number of halogens is 4. The van der Waals surface area contributed by atoms with E-state index in [9.17, 15) is 22.8 Å². The van der Waals surface area contributed by atoms with Gasteiger partial charge in [-0.1, -0.05) is 23.7 Å². The number of anilines is 1. The Morgan fingerprint density at radius 2 is 1.83 bits per heavy atom. The van der Waals surface area contributed by atoms with Crippen molar-refractivity contribution in [3.05, 3.63) is 52.5 Å². The first kappa shape index (κ1) is 23.3. The summed E-state index contributed by atoms with van der Waals surface area (Å²) < 4.78 is 48.4. The molecule has 0 saturated heterocycles. The molecule has 1 N–H and O–H groups in total. The summed E-state index contributed by atoms with van der Waals surface area (Å²) in [5.74, 6) is -1.87. The Morgan fingerprint density at radius 1 is 1.13 bits per heavy atom. The van der Waals surface area contributed by atoms with E-state index < -0.39 is 18.0 Å². The SMILES string of the molecule is CCN(Cc1cccc(NC(=O)c2cc(Cl)c(OC)c(OC)c2)c1)C(=O)C(F)(F)F. The number of carbonyl (C=O) groups is 2. The van der Waals surface area contributed by atoms with E-state index in [2.05, 4.69) is 5.32 Å². The van der Waals surface area contributed by atoms with Crippen LogP contribution in [0.5, 0.6) is 11.5 Å². The number of amides is 2. The largest absolute Gasteiger partial charge is 0.493 e. The zero-order valence-electron chi connectivity index (χ0n) is 16.5. The fourth-order valence-electron chi connectivity index (χ4n) is 2.73. The van der Waals surface area contributed by atoms with Crippen LogP contribution in [0.3, 0.4) is 0 Å². The maximum absolute atomic E-state index is 12.7. The van der Waals surface area contributed by atoms with Crippen LogP contribution in [0.25, 0.3) is 0 Å². The van der Waals surface area contributed by atoms with Crippen LogP contribution in [0.15, 0.2) is 36.4 Å². The number of hydrogen-bond acceptors (Lipinski definition) is 4. The molecule has 6 nitrogen and oxygen atoms in total. The fraction of sp³-hybridized carbons (Fsp3) is 0.300. The first-order chi connectivity index (χ1) is 14.1. The van der Waals surface area contributed by atoms with E-state index in [1.54, 1.807) is 18.2 Å². The Morgan fingerprint density at radius 3 is 2.40 bits per heavy atom. The van der Waals surface area contributed by atoms with Gasteiger partial charge in [0.05, 0.1) is 19.2 Å². The third kappa shape index (κ3) is 5.56. The van der Waals surface area contributed by atoms with Crippen molar-refractivity contribution in [2.45, 2.75) is 19.6 Å². The summed E-state index contributed by atoms with van der Waals surface area (Å²) in [6.45, 7) is 1.09. The third-order valence-corrected chi connectivity index (χ3v) is 4.45. The summed E-state index contributed by atoms with van der Waals surface area (Å²) >= 11 is 6.11. The van der Waals surface area contributed by atoms with Crippen molar-refractivity contribution >= 4 is 29.1 Å². The van der Waals surface area contributed by atoms with E-state index in [1.165, 1.54) is 39.3 Å². The van der Waals surface area contributed by atoms with Crippen LogP contribution in [-0.2, 0) is 11.3 Å². The van der Waals surface area contributed by atoms with Crippen LogP contribution in [0, 0.1) is 0 Å². The van der Waals surface area contributed by atoms with Gasteiger partial charge >= 0.3 is 12.1 Å². The predicted molar refractivity (Wildman–Crippen MR) is 106 cm³/mol. The molecule has 2 aromatic carbocycles. The topological polar surface area (TPSA) is 67.9 Å². The smallest absolute Gasteiger partial charge is 0.471 e. The van der Waals surface area contributed by atoms with E-state index in [-0.39, 0.29) is 35.2 Å². The lowest BCUT2D eigenvalue weighted by molar-refractivity contribution is -0.185. The number of alkyl halides is 3. The highest BCUT2D eigenvalue weighted by molar-refractivity contribution is 6.32. The van der Waals surface area contributed by atoms with Crippen LogP contribution in [0.4, 0.5) is 18.9 Å². The number of benzene rings is 2. The minimum atomic E-state index is -4.95. The van der Waals surface area contributed by atoms with Gasteiger partial charge in [-0.3, -0.25) is 9.59 Å². The Bertz CT molecular complexity index is 935. The number of rotatable bonds is 7. The number of ether oxygens (including phenoxy) is 2. The number of carbonyl (C=O) groups excluding carboxylic acids is 2. The van der Waals surface area contributed by atoms with Crippen molar-refractivity contribution in [2.24, 2.45) is 0 Å². The molecule has 0 aliphatic rings. The molecule has 0 spiro atoms. The van der Waals surface area contributed by atoms with E-state index >= 15 is 0 Å². The standard InChI is InChI=1S/C20H20ClF3N2O4/c1-4-26(19(28)20(22,23)24)11-12-6-5-7-14(8-12)25-18(27)13-9-15(21)17(30-3)16(10-13)29-2/h5-10H,4,11H2,1-3H3,(H,25,27). The summed E-state index contributed by atoms with van der Waals surface area (Å²) in [5, 5.41) is 2.83. The van der Waals surface area contributed by atoms with Gasteiger partial charge in [-0.25, -0.2) is 0 Å². The normalized spacial score (nSPS) is 11.0.